The van der Waals surface area contributed by atoms with Gasteiger partial charge in [0.15, 0.2) is 17.3 Å². The Hall–Kier alpha value is -4.28. The fourth-order valence-electron chi connectivity index (χ4n) is 7.12. The van der Waals surface area contributed by atoms with Gasteiger partial charge in [0.1, 0.15) is 5.41 Å². The maximum Gasteiger partial charge on any atom is 0.317 e. The molecule has 0 saturated carbocycles. The molecule has 1 aromatic carbocycles. The molecule has 45 heavy (non-hydrogen) atoms. The van der Waals surface area contributed by atoms with E-state index in [1.54, 1.807) is 41.1 Å². The van der Waals surface area contributed by atoms with Gasteiger partial charge in [0.25, 0.3) is 5.91 Å². The smallest absolute Gasteiger partial charge is 0.317 e. The summed E-state index contributed by atoms with van der Waals surface area (Å²) >= 11 is 0. The van der Waals surface area contributed by atoms with Crippen LogP contribution in [-0.2, 0) is 25.5 Å². The van der Waals surface area contributed by atoms with Crippen molar-refractivity contribution in [2.24, 2.45) is 16.7 Å². The van der Waals surface area contributed by atoms with E-state index in [9.17, 15) is 19.2 Å². The van der Waals surface area contributed by atoms with Gasteiger partial charge in [0.2, 0.25) is 11.8 Å². The molecule has 2 fully saturated rings. The third kappa shape index (κ3) is 6.43. The molecule has 1 aromatic heterocycles. The molecule has 0 bridgehead atoms. The Balaban J connectivity index is 1.36. The molecule has 3 aliphatic rings. The highest BCUT2D eigenvalue weighted by Gasteiger charge is 2.57. The molecule has 2 saturated heterocycles. The van der Waals surface area contributed by atoms with Crippen LogP contribution in [0.1, 0.15) is 55.6 Å². The standard InChI is InChI=1S/C34H43N3O8/c1-33(2)12-10-28-34(22-33,32(41)44-5)21-24(30(39)37(28)13-11-23-8-9-25(42-3)27(19-23)43-4)20-29(38)35-14-16-36(17-15-35)31(40)26-7-6-18-45-26/h6-10,18-19,24H,11-17,20-22H2,1-5H3/t24-,34-/m1/s1. The van der Waals surface area contributed by atoms with Gasteiger partial charge in [-0.1, -0.05) is 26.0 Å². The van der Waals surface area contributed by atoms with Crippen LogP contribution in [0.4, 0.5) is 0 Å². The SMILES string of the molecule is COC(=O)[C@@]12C[C@@H](CC(=O)N3CCN(C(=O)c4ccco4)CC3)C(=O)N(CCc3ccc(OC)c(OC)c3)C1=CCC(C)(C)C2. The molecule has 1 aliphatic carbocycles. The Morgan fingerprint density at radius 2 is 1.69 bits per heavy atom. The number of amides is 3. The summed E-state index contributed by atoms with van der Waals surface area (Å²) in [6.45, 7) is 6.00. The van der Waals surface area contributed by atoms with Crippen LogP contribution in [-0.4, -0.2) is 92.4 Å². The second-order valence-corrected chi connectivity index (χ2v) is 12.9. The number of benzene rings is 1. The number of nitrogens with zero attached hydrogens (tertiary/aromatic N) is 3. The van der Waals surface area contributed by atoms with Crippen molar-refractivity contribution in [2.45, 2.75) is 46.0 Å². The quantitative estimate of drug-likeness (QED) is 0.387. The van der Waals surface area contributed by atoms with Crippen LogP contribution in [0.2, 0.25) is 0 Å². The molecule has 0 spiro atoms. The van der Waals surface area contributed by atoms with E-state index >= 15 is 0 Å². The summed E-state index contributed by atoms with van der Waals surface area (Å²) in [5.74, 6) is -0.147. The first-order valence-corrected chi connectivity index (χ1v) is 15.4. The van der Waals surface area contributed by atoms with Crippen molar-refractivity contribution in [3.8, 4) is 11.5 Å². The van der Waals surface area contributed by atoms with Crippen LogP contribution in [0.15, 0.2) is 52.8 Å². The maximum absolute atomic E-state index is 14.2. The van der Waals surface area contributed by atoms with Crippen molar-refractivity contribution < 1.29 is 37.8 Å². The van der Waals surface area contributed by atoms with Crippen molar-refractivity contribution in [2.75, 3.05) is 54.1 Å². The van der Waals surface area contributed by atoms with E-state index in [2.05, 4.69) is 13.8 Å². The molecule has 2 aliphatic heterocycles. The fourth-order valence-corrected chi connectivity index (χ4v) is 7.12. The summed E-state index contributed by atoms with van der Waals surface area (Å²) in [6, 6.07) is 8.93. The number of methoxy groups -OCH3 is 3. The van der Waals surface area contributed by atoms with E-state index < -0.39 is 11.3 Å². The predicted octanol–water partition coefficient (Wildman–Crippen LogP) is 3.93. The number of ether oxygens (including phenoxy) is 3. The Bertz CT molecular complexity index is 1460. The van der Waals surface area contributed by atoms with Crippen molar-refractivity contribution in [3.63, 3.8) is 0 Å². The zero-order chi connectivity index (χ0) is 32.4. The van der Waals surface area contributed by atoms with Crippen molar-refractivity contribution >= 4 is 23.7 Å². The van der Waals surface area contributed by atoms with Gasteiger partial charge in [-0.25, -0.2) is 0 Å². The highest BCUT2D eigenvalue weighted by Crippen LogP contribution is 2.54. The predicted molar refractivity (Wildman–Crippen MR) is 164 cm³/mol. The lowest BCUT2D eigenvalue weighted by Gasteiger charge is -2.51. The lowest BCUT2D eigenvalue weighted by Crippen LogP contribution is -2.57. The van der Waals surface area contributed by atoms with Crippen molar-refractivity contribution in [3.05, 3.63) is 59.7 Å². The summed E-state index contributed by atoms with van der Waals surface area (Å²) in [5.41, 5.74) is 0.383. The zero-order valence-electron chi connectivity index (χ0n) is 26.8. The van der Waals surface area contributed by atoms with Gasteiger partial charge in [0, 0.05) is 50.8 Å². The first-order valence-electron chi connectivity index (χ1n) is 15.4. The minimum atomic E-state index is -1.04. The van der Waals surface area contributed by atoms with Crippen LogP contribution >= 0.6 is 0 Å². The zero-order valence-corrected chi connectivity index (χ0v) is 26.8. The van der Waals surface area contributed by atoms with E-state index in [0.29, 0.717) is 69.2 Å². The number of carbonyl (C=O) groups excluding carboxylic acids is 4. The van der Waals surface area contributed by atoms with Gasteiger partial charge >= 0.3 is 5.97 Å². The summed E-state index contributed by atoms with van der Waals surface area (Å²) in [4.78, 5) is 59.3. The molecule has 242 valence electrons. The summed E-state index contributed by atoms with van der Waals surface area (Å²) < 4.78 is 21.5. The Labute approximate surface area is 264 Å². The molecule has 2 atom stereocenters. The molecule has 2 aromatic rings. The average molecular weight is 622 g/mol. The van der Waals surface area contributed by atoms with E-state index in [4.69, 9.17) is 18.6 Å². The summed E-state index contributed by atoms with van der Waals surface area (Å²) in [7, 11) is 4.53. The minimum Gasteiger partial charge on any atom is -0.493 e. The Morgan fingerprint density at radius 1 is 0.978 bits per heavy atom. The van der Waals surface area contributed by atoms with Crippen LogP contribution in [0, 0.1) is 16.7 Å². The number of likely N-dealkylation sites (tertiary alicyclic amines) is 1. The van der Waals surface area contributed by atoms with Crippen LogP contribution in [0.3, 0.4) is 0 Å². The normalized spacial score (nSPS) is 22.8. The molecule has 5 rings (SSSR count). The number of piperidine rings is 1. The van der Waals surface area contributed by atoms with Crippen LogP contribution < -0.4 is 9.47 Å². The maximum atomic E-state index is 14.2. The summed E-state index contributed by atoms with van der Waals surface area (Å²) in [6.07, 6.45) is 5.40. The van der Waals surface area contributed by atoms with Gasteiger partial charge in [-0.05, 0) is 60.9 Å². The average Bonchev–Trinajstić information content (AvgIpc) is 3.59. The molecule has 0 N–H and O–H groups in total. The Kier molecular flexibility index (Phi) is 9.27. The number of rotatable bonds is 9. The second kappa shape index (κ2) is 13.0. The van der Waals surface area contributed by atoms with Gasteiger partial charge in [-0.3, -0.25) is 19.2 Å². The first-order chi connectivity index (χ1) is 21.5. The lowest BCUT2D eigenvalue weighted by molar-refractivity contribution is -0.163. The highest BCUT2D eigenvalue weighted by molar-refractivity contribution is 5.93. The van der Waals surface area contributed by atoms with E-state index in [-0.39, 0.29) is 47.7 Å². The molecule has 11 heteroatoms. The number of allylic oxidation sites excluding steroid dienone is 1. The van der Waals surface area contributed by atoms with E-state index in [1.807, 2.05) is 24.3 Å². The number of piperazine rings is 1. The van der Waals surface area contributed by atoms with Crippen LogP contribution in [0.25, 0.3) is 0 Å². The molecule has 3 amide bonds. The molecular weight excluding hydrogens is 578 g/mol. The Morgan fingerprint density at radius 3 is 2.33 bits per heavy atom. The second-order valence-electron chi connectivity index (χ2n) is 12.9. The third-order valence-corrected chi connectivity index (χ3v) is 9.34. The number of hydrogen-bond donors (Lipinski definition) is 0. The minimum absolute atomic E-state index is 0.0235. The molecule has 11 nitrogen and oxygen atoms in total. The highest BCUT2D eigenvalue weighted by atomic mass is 16.5. The van der Waals surface area contributed by atoms with E-state index in [1.165, 1.54) is 13.4 Å². The molecular formula is C34H43N3O8. The van der Waals surface area contributed by atoms with Crippen molar-refractivity contribution in [1.29, 1.82) is 0 Å². The number of fused-ring (bicyclic) bond motifs is 1. The van der Waals surface area contributed by atoms with Gasteiger partial charge in [-0.2, -0.15) is 0 Å². The molecule has 0 unspecified atom stereocenters. The number of hydrogen-bond acceptors (Lipinski definition) is 8. The van der Waals surface area contributed by atoms with Gasteiger partial charge < -0.3 is 33.3 Å². The van der Waals surface area contributed by atoms with Gasteiger partial charge in [0.05, 0.1) is 27.6 Å². The largest absolute Gasteiger partial charge is 0.493 e. The first kappa shape index (κ1) is 32.1. The molecule has 3 heterocycles. The number of esters is 1. The number of furan rings is 1. The summed E-state index contributed by atoms with van der Waals surface area (Å²) in [5, 5.41) is 0. The van der Waals surface area contributed by atoms with E-state index in [0.717, 1.165) is 5.56 Å². The topological polar surface area (TPSA) is 119 Å². The third-order valence-electron chi connectivity index (χ3n) is 9.34. The van der Waals surface area contributed by atoms with Crippen LogP contribution in [0.5, 0.6) is 11.5 Å². The number of carbonyl (C=O) groups is 4. The van der Waals surface area contributed by atoms with Gasteiger partial charge in [-0.15, -0.1) is 0 Å². The molecule has 0 radical (unpaired) electrons. The van der Waals surface area contributed by atoms with Crippen molar-refractivity contribution in [1.82, 2.24) is 14.7 Å². The lowest BCUT2D eigenvalue weighted by atomic mass is 9.59. The monoisotopic (exact) mass is 621 g/mol. The fraction of sp³-hybridized carbons (Fsp3) is 0.529.